The van der Waals surface area contributed by atoms with Crippen LogP contribution in [0.15, 0.2) is 52.1 Å². The molecule has 1 aromatic heterocycles. The zero-order valence-corrected chi connectivity index (χ0v) is 12.9. The quantitative estimate of drug-likeness (QED) is 0.897. The van der Waals surface area contributed by atoms with E-state index in [0.717, 1.165) is 5.56 Å². The van der Waals surface area contributed by atoms with Crippen molar-refractivity contribution in [3.63, 3.8) is 0 Å². The fraction of sp³-hybridized carbons (Fsp3) is 0.143. The number of aromatic carboxylic acids is 1. The lowest BCUT2D eigenvalue weighted by Gasteiger charge is -2.05. The van der Waals surface area contributed by atoms with Gasteiger partial charge in [0.05, 0.1) is 16.4 Å². The fourth-order valence-corrected chi connectivity index (χ4v) is 3.23. The van der Waals surface area contributed by atoms with Crippen LogP contribution in [0.5, 0.6) is 0 Å². The Morgan fingerprint density at radius 1 is 1.25 bits per heavy atom. The SMILES string of the molecule is O=C(O)c1cc(S(=O)CCc2ccncc2)ccc1Br. The first-order valence-electron chi connectivity index (χ1n) is 5.88. The molecule has 0 amide bonds. The normalized spacial score (nSPS) is 12.1. The van der Waals surface area contributed by atoms with Crippen LogP contribution < -0.4 is 0 Å². The van der Waals surface area contributed by atoms with Crippen LogP contribution in [0.4, 0.5) is 0 Å². The van der Waals surface area contributed by atoms with Gasteiger partial charge < -0.3 is 5.11 Å². The molecule has 1 unspecified atom stereocenters. The second-order valence-corrected chi connectivity index (χ2v) is 6.53. The molecular weight excluding hydrogens is 342 g/mol. The molecule has 1 aromatic carbocycles. The van der Waals surface area contributed by atoms with Gasteiger partial charge >= 0.3 is 5.97 Å². The van der Waals surface area contributed by atoms with Gasteiger partial charge in [-0.05, 0) is 58.2 Å². The Morgan fingerprint density at radius 2 is 1.95 bits per heavy atom. The van der Waals surface area contributed by atoms with Crippen LogP contribution in [-0.2, 0) is 17.2 Å². The van der Waals surface area contributed by atoms with E-state index in [-0.39, 0.29) is 5.56 Å². The number of halogens is 1. The summed E-state index contributed by atoms with van der Waals surface area (Å²) in [7, 11) is -1.22. The molecule has 0 aliphatic rings. The molecule has 0 spiro atoms. The molecule has 1 atom stereocenters. The third-order valence-electron chi connectivity index (χ3n) is 2.76. The number of carboxylic acids is 1. The second kappa shape index (κ2) is 6.76. The van der Waals surface area contributed by atoms with Crippen molar-refractivity contribution in [2.24, 2.45) is 0 Å². The van der Waals surface area contributed by atoms with E-state index in [4.69, 9.17) is 5.11 Å². The van der Waals surface area contributed by atoms with E-state index in [9.17, 15) is 9.00 Å². The van der Waals surface area contributed by atoms with Gasteiger partial charge in [-0.2, -0.15) is 0 Å². The summed E-state index contributed by atoms with van der Waals surface area (Å²) < 4.78 is 12.7. The molecule has 0 bridgehead atoms. The first kappa shape index (κ1) is 14.9. The van der Waals surface area contributed by atoms with Crippen molar-refractivity contribution in [2.45, 2.75) is 11.3 Å². The van der Waals surface area contributed by atoms with Gasteiger partial charge in [-0.15, -0.1) is 0 Å². The third-order valence-corrected chi connectivity index (χ3v) is 4.80. The number of hydrogen-bond donors (Lipinski definition) is 1. The number of carboxylic acid groups (broad SMARTS) is 1. The number of carbonyl (C=O) groups is 1. The number of aryl methyl sites for hydroxylation is 1. The second-order valence-electron chi connectivity index (χ2n) is 4.10. The topological polar surface area (TPSA) is 67.3 Å². The van der Waals surface area contributed by atoms with Gasteiger partial charge in [0.25, 0.3) is 0 Å². The zero-order valence-electron chi connectivity index (χ0n) is 10.5. The van der Waals surface area contributed by atoms with Crippen molar-refractivity contribution in [1.29, 1.82) is 0 Å². The maximum Gasteiger partial charge on any atom is 0.336 e. The van der Waals surface area contributed by atoms with Gasteiger partial charge in [0.1, 0.15) is 0 Å². The van der Waals surface area contributed by atoms with Crippen molar-refractivity contribution >= 4 is 32.7 Å². The largest absolute Gasteiger partial charge is 0.478 e. The van der Waals surface area contributed by atoms with Gasteiger partial charge in [0, 0.05) is 27.5 Å². The number of nitrogens with zero attached hydrogens (tertiary/aromatic N) is 1. The molecule has 2 aromatic rings. The summed E-state index contributed by atoms with van der Waals surface area (Å²) in [4.78, 5) is 15.5. The maximum atomic E-state index is 12.2. The van der Waals surface area contributed by atoms with Crippen LogP contribution in [0.1, 0.15) is 15.9 Å². The molecular formula is C14H12BrNO3S. The molecule has 0 saturated carbocycles. The Labute approximate surface area is 127 Å². The molecule has 6 heteroatoms. The predicted molar refractivity (Wildman–Crippen MR) is 80.3 cm³/mol. The Balaban J connectivity index is 2.10. The van der Waals surface area contributed by atoms with Gasteiger partial charge in [-0.1, -0.05) is 0 Å². The van der Waals surface area contributed by atoms with Crippen molar-refractivity contribution in [1.82, 2.24) is 4.98 Å². The summed E-state index contributed by atoms with van der Waals surface area (Å²) in [5.41, 5.74) is 1.18. The summed E-state index contributed by atoms with van der Waals surface area (Å²) in [6, 6.07) is 8.50. The highest BCUT2D eigenvalue weighted by Gasteiger charge is 2.12. The summed E-state index contributed by atoms with van der Waals surface area (Å²) in [5, 5.41) is 9.04. The number of aromatic nitrogens is 1. The van der Waals surface area contributed by atoms with E-state index in [2.05, 4.69) is 20.9 Å². The molecule has 104 valence electrons. The third kappa shape index (κ3) is 3.74. The zero-order chi connectivity index (χ0) is 14.5. The monoisotopic (exact) mass is 353 g/mol. The van der Waals surface area contributed by atoms with Gasteiger partial charge in [-0.3, -0.25) is 9.19 Å². The number of pyridine rings is 1. The van der Waals surface area contributed by atoms with Crippen molar-refractivity contribution < 1.29 is 14.1 Å². The van der Waals surface area contributed by atoms with E-state index in [1.807, 2.05) is 12.1 Å². The average molecular weight is 354 g/mol. The highest BCUT2D eigenvalue weighted by atomic mass is 79.9. The molecule has 4 nitrogen and oxygen atoms in total. The maximum absolute atomic E-state index is 12.2. The van der Waals surface area contributed by atoms with E-state index < -0.39 is 16.8 Å². The highest BCUT2D eigenvalue weighted by molar-refractivity contribution is 9.10. The fourth-order valence-electron chi connectivity index (χ4n) is 1.69. The number of rotatable bonds is 5. The summed E-state index contributed by atoms with van der Waals surface area (Å²) in [6.45, 7) is 0. The van der Waals surface area contributed by atoms with Crippen LogP contribution in [0, 0.1) is 0 Å². The van der Waals surface area contributed by atoms with E-state index in [1.54, 1.807) is 24.5 Å². The summed E-state index contributed by atoms with van der Waals surface area (Å²) >= 11 is 3.17. The number of benzene rings is 1. The number of hydrogen-bond acceptors (Lipinski definition) is 3. The minimum absolute atomic E-state index is 0.125. The molecule has 0 aliphatic carbocycles. The van der Waals surface area contributed by atoms with Crippen LogP contribution in [0.3, 0.4) is 0 Å². The predicted octanol–water partition coefficient (Wildman–Crippen LogP) is 2.89. The lowest BCUT2D eigenvalue weighted by atomic mass is 10.2. The minimum atomic E-state index is -1.22. The van der Waals surface area contributed by atoms with Crippen LogP contribution in [0.2, 0.25) is 0 Å². The van der Waals surface area contributed by atoms with E-state index in [0.29, 0.717) is 21.5 Å². The smallest absolute Gasteiger partial charge is 0.336 e. The highest BCUT2D eigenvalue weighted by Crippen LogP contribution is 2.20. The van der Waals surface area contributed by atoms with Crippen LogP contribution in [0.25, 0.3) is 0 Å². The van der Waals surface area contributed by atoms with Gasteiger partial charge in [0.15, 0.2) is 0 Å². The van der Waals surface area contributed by atoms with Gasteiger partial charge in [0.2, 0.25) is 0 Å². The van der Waals surface area contributed by atoms with Crippen molar-refractivity contribution in [3.05, 3.63) is 58.3 Å². The lowest BCUT2D eigenvalue weighted by Crippen LogP contribution is -2.04. The molecule has 0 fully saturated rings. The first-order chi connectivity index (χ1) is 9.58. The molecule has 1 heterocycles. The van der Waals surface area contributed by atoms with Gasteiger partial charge in [-0.25, -0.2) is 4.79 Å². The first-order valence-corrected chi connectivity index (χ1v) is 7.99. The molecule has 1 N–H and O–H groups in total. The Bertz CT molecular complexity index is 646. The summed E-state index contributed by atoms with van der Waals surface area (Å²) in [6.07, 6.45) is 4.05. The average Bonchev–Trinajstić information content (AvgIpc) is 2.46. The molecule has 0 aliphatic heterocycles. The Morgan fingerprint density at radius 3 is 2.60 bits per heavy atom. The standard InChI is InChI=1S/C14H12BrNO3S/c15-13-2-1-11(9-12(13)14(17)18)20(19)8-5-10-3-6-16-7-4-10/h1-4,6-7,9H,5,8H2,(H,17,18). The van der Waals surface area contributed by atoms with Crippen molar-refractivity contribution in [2.75, 3.05) is 5.75 Å². The lowest BCUT2D eigenvalue weighted by molar-refractivity contribution is 0.0695. The molecule has 20 heavy (non-hydrogen) atoms. The van der Waals surface area contributed by atoms with Crippen molar-refractivity contribution in [3.8, 4) is 0 Å². The van der Waals surface area contributed by atoms with Crippen LogP contribution >= 0.6 is 15.9 Å². The molecule has 0 radical (unpaired) electrons. The Kier molecular flexibility index (Phi) is 5.03. The van der Waals surface area contributed by atoms with E-state index in [1.165, 1.54) is 6.07 Å². The molecule has 0 saturated heterocycles. The van der Waals surface area contributed by atoms with E-state index >= 15 is 0 Å². The van der Waals surface area contributed by atoms with Crippen LogP contribution in [-0.4, -0.2) is 26.0 Å². The minimum Gasteiger partial charge on any atom is -0.478 e. The molecule has 2 rings (SSSR count). The summed E-state index contributed by atoms with van der Waals surface area (Å²) in [5.74, 6) is -0.588. The Hall–Kier alpha value is -1.53.